The van der Waals surface area contributed by atoms with E-state index in [1.165, 1.54) is 0 Å². The van der Waals surface area contributed by atoms with Crippen LogP contribution in [0.15, 0.2) is 0 Å². The summed E-state index contributed by atoms with van der Waals surface area (Å²) in [5.41, 5.74) is 0.149. The topological polar surface area (TPSA) is 3.24 Å². The Bertz CT molecular complexity index is 81.0. The maximum absolute atomic E-state index is 5.73. The van der Waals surface area contributed by atoms with E-state index >= 15 is 0 Å². The van der Waals surface area contributed by atoms with Gasteiger partial charge in [-0.2, -0.15) is 0 Å². The molecule has 0 aliphatic rings. The zero-order valence-electron chi connectivity index (χ0n) is 6.74. The summed E-state index contributed by atoms with van der Waals surface area (Å²) in [5, 5.41) is 0. The highest BCUT2D eigenvalue weighted by Gasteiger charge is 2.19. The zero-order chi connectivity index (χ0) is 7.49. The van der Waals surface area contributed by atoms with Gasteiger partial charge in [0.05, 0.1) is 0 Å². The minimum atomic E-state index is 0.149. The molecule has 0 aliphatic heterocycles. The third-order valence-electron chi connectivity index (χ3n) is 1.83. The highest BCUT2D eigenvalue weighted by molar-refractivity contribution is 6.18. The van der Waals surface area contributed by atoms with E-state index in [0.717, 1.165) is 6.54 Å². The maximum atomic E-state index is 5.73. The van der Waals surface area contributed by atoms with Crippen molar-refractivity contribution >= 4 is 11.6 Å². The average molecular weight is 150 g/mol. The Labute approximate surface area is 63.0 Å². The van der Waals surface area contributed by atoms with E-state index in [-0.39, 0.29) is 5.54 Å². The van der Waals surface area contributed by atoms with Gasteiger partial charge in [0.25, 0.3) is 0 Å². The van der Waals surface area contributed by atoms with Crippen molar-refractivity contribution in [3.8, 4) is 0 Å². The average Bonchev–Trinajstić information content (AvgIpc) is 1.86. The predicted molar refractivity (Wildman–Crippen MR) is 43.1 cm³/mol. The number of hydrogen-bond acceptors (Lipinski definition) is 1. The number of rotatable bonds is 3. The van der Waals surface area contributed by atoms with Gasteiger partial charge in [-0.15, -0.1) is 11.6 Å². The van der Waals surface area contributed by atoms with Crippen LogP contribution in [0.2, 0.25) is 0 Å². The first kappa shape index (κ1) is 9.25. The summed E-state index contributed by atoms with van der Waals surface area (Å²) in [6.45, 7) is 7.47. The minimum absolute atomic E-state index is 0.149. The molecule has 0 aromatic heterocycles. The van der Waals surface area contributed by atoms with Crippen molar-refractivity contribution in [1.29, 1.82) is 0 Å². The van der Waals surface area contributed by atoms with Gasteiger partial charge < -0.3 is 4.90 Å². The summed E-state index contributed by atoms with van der Waals surface area (Å²) < 4.78 is 0. The van der Waals surface area contributed by atoms with Gasteiger partial charge in [0.1, 0.15) is 0 Å². The molecule has 9 heavy (non-hydrogen) atoms. The second-order valence-corrected chi connectivity index (χ2v) is 3.23. The third kappa shape index (κ3) is 2.55. The Balaban J connectivity index is 3.80. The number of alkyl halides is 1. The zero-order valence-corrected chi connectivity index (χ0v) is 7.50. The lowest BCUT2D eigenvalue weighted by atomic mass is 10.1. The maximum Gasteiger partial charge on any atom is 0.0402 e. The molecule has 0 radical (unpaired) electrons. The fourth-order valence-electron chi connectivity index (χ4n) is 0.530. The first-order valence-corrected chi connectivity index (χ1v) is 3.85. The normalized spacial score (nSPS) is 12.7. The van der Waals surface area contributed by atoms with Crippen LogP contribution < -0.4 is 0 Å². The SMILES string of the molecule is CCN(C)C(C)(C)CCl. The number of hydrogen-bond donors (Lipinski definition) is 0. The summed E-state index contributed by atoms with van der Waals surface area (Å²) in [5.74, 6) is 0.692. The van der Waals surface area contributed by atoms with Gasteiger partial charge in [0.15, 0.2) is 0 Å². The van der Waals surface area contributed by atoms with Crippen molar-refractivity contribution in [2.75, 3.05) is 19.5 Å². The summed E-state index contributed by atoms with van der Waals surface area (Å²) in [6.07, 6.45) is 0. The van der Waals surface area contributed by atoms with Gasteiger partial charge >= 0.3 is 0 Å². The molecule has 0 saturated carbocycles. The molecule has 0 heterocycles. The van der Waals surface area contributed by atoms with Crippen molar-refractivity contribution in [2.45, 2.75) is 26.3 Å². The lowest BCUT2D eigenvalue weighted by Gasteiger charge is -2.32. The molecule has 0 fully saturated rings. The molecular formula is C7H16ClN. The molecule has 2 heteroatoms. The number of nitrogens with zero attached hydrogens (tertiary/aromatic N) is 1. The van der Waals surface area contributed by atoms with Gasteiger partial charge in [0, 0.05) is 11.4 Å². The van der Waals surface area contributed by atoms with E-state index in [2.05, 4.69) is 32.7 Å². The van der Waals surface area contributed by atoms with E-state index in [0.29, 0.717) is 5.88 Å². The molecule has 0 unspecified atom stereocenters. The van der Waals surface area contributed by atoms with Crippen LogP contribution in [0.25, 0.3) is 0 Å². The van der Waals surface area contributed by atoms with E-state index in [9.17, 15) is 0 Å². The smallest absolute Gasteiger partial charge is 0.0402 e. The molecule has 0 N–H and O–H groups in total. The van der Waals surface area contributed by atoms with Crippen LogP contribution in [0.4, 0.5) is 0 Å². The highest BCUT2D eigenvalue weighted by Crippen LogP contribution is 2.12. The van der Waals surface area contributed by atoms with Crippen molar-refractivity contribution in [3.05, 3.63) is 0 Å². The Kier molecular flexibility index (Phi) is 3.52. The summed E-state index contributed by atoms with van der Waals surface area (Å²) in [4.78, 5) is 2.24. The molecule has 0 rings (SSSR count). The van der Waals surface area contributed by atoms with E-state index < -0.39 is 0 Å². The molecule has 0 bridgehead atoms. The van der Waals surface area contributed by atoms with Crippen LogP contribution in [0.1, 0.15) is 20.8 Å². The molecule has 0 saturated heterocycles. The summed E-state index contributed by atoms with van der Waals surface area (Å²) >= 11 is 5.73. The Morgan fingerprint density at radius 3 is 2.00 bits per heavy atom. The minimum Gasteiger partial charge on any atom is -0.300 e. The molecule has 0 aromatic carbocycles. The van der Waals surface area contributed by atoms with Crippen LogP contribution in [-0.4, -0.2) is 29.9 Å². The van der Waals surface area contributed by atoms with Crippen molar-refractivity contribution < 1.29 is 0 Å². The van der Waals surface area contributed by atoms with Crippen LogP contribution in [0.3, 0.4) is 0 Å². The molecule has 0 atom stereocenters. The van der Waals surface area contributed by atoms with Crippen LogP contribution in [0, 0.1) is 0 Å². The summed E-state index contributed by atoms with van der Waals surface area (Å²) in [7, 11) is 2.09. The Morgan fingerprint density at radius 1 is 1.44 bits per heavy atom. The van der Waals surface area contributed by atoms with Gasteiger partial charge in [-0.3, -0.25) is 0 Å². The second-order valence-electron chi connectivity index (χ2n) is 2.96. The van der Waals surface area contributed by atoms with E-state index in [1.54, 1.807) is 0 Å². The fourth-order valence-corrected chi connectivity index (χ4v) is 0.734. The van der Waals surface area contributed by atoms with E-state index in [1.807, 2.05) is 0 Å². The predicted octanol–water partition coefficient (Wildman–Crippen LogP) is 1.96. The fraction of sp³-hybridized carbons (Fsp3) is 1.00. The number of halogens is 1. The first-order chi connectivity index (χ1) is 4.04. The van der Waals surface area contributed by atoms with Crippen LogP contribution in [-0.2, 0) is 0 Å². The first-order valence-electron chi connectivity index (χ1n) is 3.31. The monoisotopic (exact) mass is 149 g/mol. The van der Waals surface area contributed by atoms with Gasteiger partial charge in [0.2, 0.25) is 0 Å². The molecule has 0 amide bonds. The van der Waals surface area contributed by atoms with E-state index in [4.69, 9.17) is 11.6 Å². The standard InChI is InChI=1S/C7H16ClN/c1-5-9(4)7(2,3)6-8/h5-6H2,1-4H3. The largest absolute Gasteiger partial charge is 0.300 e. The lowest BCUT2D eigenvalue weighted by molar-refractivity contribution is 0.189. The van der Waals surface area contributed by atoms with Crippen LogP contribution in [0.5, 0.6) is 0 Å². The second kappa shape index (κ2) is 3.43. The van der Waals surface area contributed by atoms with Gasteiger partial charge in [-0.25, -0.2) is 0 Å². The molecule has 56 valence electrons. The molecule has 0 aliphatic carbocycles. The van der Waals surface area contributed by atoms with Crippen LogP contribution >= 0.6 is 11.6 Å². The molecule has 0 spiro atoms. The molecular weight excluding hydrogens is 134 g/mol. The Morgan fingerprint density at radius 2 is 1.89 bits per heavy atom. The van der Waals surface area contributed by atoms with Gasteiger partial charge in [-0.05, 0) is 27.4 Å². The Hall–Kier alpha value is 0.250. The molecule has 1 nitrogen and oxygen atoms in total. The van der Waals surface area contributed by atoms with Crippen molar-refractivity contribution in [1.82, 2.24) is 4.90 Å². The van der Waals surface area contributed by atoms with Gasteiger partial charge in [-0.1, -0.05) is 6.92 Å². The van der Waals surface area contributed by atoms with Crippen molar-refractivity contribution in [2.24, 2.45) is 0 Å². The van der Waals surface area contributed by atoms with Crippen molar-refractivity contribution in [3.63, 3.8) is 0 Å². The quantitative estimate of drug-likeness (QED) is 0.555. The molecule has 0 aromatic rings. The summed E-state index contributed by atoms with van der Waals surface area (Å²) in [6, 6.07) is 0. The highest BCUT2D eigenvalue weighted by atomic mass is 35.5. The lowest BCUT2D eigenvalue weighted by Crippen LogP contribution is -2.42. The third-order valence-corrected chi connectivity index (χ3v) is 2.49.